The van der Waals surface area contributed by atoms with Gasteiger partial charge in [-0.1, -0.05) is 25.4 Å². The summed E-state index contributed by atoms with van der Waals surface area (Å²) in [4.78, 5) is 1.18. The number of hydrogen-bond donors (Lipinski definition) is 1. The molecule has 0 aromatic carbocycles. The van der Waals surface area contributed by atoms with Crippen molar-refractivity contribution in [2.45, 2.75) is 45.6 Å². The summed E-state index contributed by atoms with van der Waals surface area (Å²) >= 11 is 7.86. The van der Waals surface area contributed by atoms with E-state index in [0.717, 1.165) is 16.9 Å². The third-order valence-corrected chi connectivity index (χ3v) is 5.67. The van der Waals surface area contributed by atoms with Gasteiger partial charge in [0.25, 0.3) is 0 Å². The highest BCUT2D eigenvalue weighted by Gasteiger charge is 2.29. The first-order valence-electron chi connectivity index (χ1n) is 6.58. The van der Waals surface area contributed by atoms with Crippen LogP contribution in [0.5, 0.6) is 0 Å². The Morgan fingerprint density at radius 3 is 2.29 bits per heavy atom. The Hall–Kier alpha value is -0.0500. The van der Waals surface area contributed by atoms with E-state index < -0.39 is 0 Å². The van der Waals surface area contributed by atoms with Crippen molar-refractivity contribution < 1.29 is 0 Å². The fraction of sp³-hybridized carbons (Fsp3) is 0.714. The Labute approximate surface area is 113 Å². The van der Waals surface area contributed by atoms with Gasteiger partial charge in [-0.15, -0.1) is 11.3 Å². The molecule has 1 saturated carbocycles. The first-order chi connectivity index (χ1) is 8.09. The molecular weight excluding hydrogens is 250 g/mol. The largest absolute Gasteiger partial charge is 0.323 e. The van der Waals surface area contributed by atoms with E-state index in [1.165, 1.54) is 30.6 Å². The molecule has 1 heterocycles. The Balaban J connectivity index is 1.95. The third kappa shape index (κ3) is 3.04. The maximum Gasteiger partial charge on any atom is 0.0561 e. The summed E-state index contributed by atoms with van der Waals surface area (Å²) in [5.41, 5.74) is 6.36. The Kier molecular flexibility index (Phi) is 4.51. The van der Waals surface area contributed by atoms with Crippen LogP contribution < -0.4 is 5.73 Å². The van der Waals surface area contributed by atoms with Crippen LogP contribution in [0.2, 0.25) is 5.02 Å². The zero-order valence-electron chi connectivity index (χ0n) is 10.7. The summed E-state index contributed by atoms with van der Waals surface area (Å²) in [7, 11) is 0. The lowest BCUT2D eigenvalue weighted by Crippen LogP contribution is -2.27. The van der Waals surface area contributed by atoms with Crippen molar-refractivity contribution in [3.63, 3.8) is 0 Å². The molecule has 1 atom stereocenters. The quantitative estimate of drug-likeness (QED) is 0.834. The van der Waals surface area contributed by atoms with Gasteiger partial charge in [-0.2, -0.15) is 0 Å². The fourth-order valence-corrected chi connectivity index (χ4v) is 4.21. The molecule has 1 nitrogen and oxygen atoms in total. The average Bonchev–Trinajstić information content (AvgIpc) is 2.74. The van der Waals surface area contributed by atoms with Crippen LogP contribution in [0.4, 0.5) is 0 Å². The average molecular weight is 272 g/mol. The number of nitrogens with two attached hydrogens (primary N) is 1. The van der Waals surface area contributed by atoms with Gasteiger partial charge in [-0.05, 0) is 54.9 Å². The minimum Gasteiger partial charge on any atom is -0.323 e. The second-order valence-corrected chi connectivity index (χ2v) is 6.93. The summed E-state index contributed by atoms with van der Waals surface area (Å²) in [5, 5.41) is 2.89. The van der Waals surface area contributed by atoms with Crippen LogP contribution in [0.3, 0.4) is 0 Å². The van der Waals surface area contributed by atoms with Crippen LogP contribution in [0.25, 0.3) is 0 Å². The molecule has 1 fully saturated rings. The first kappa shape index (κ1) is 13.4. The number of thiophene rings is 1. The molecule has 1 aromatic heterocycles. The molecule has 17 heavy (non-hydrogen) atoms. The molecule has 0 saturated heterocycles. The highest BCUT2D eigenvalue weighted by molar-refractivity contribution is 7.10. The van der Waals surface area contributed by atoms with Crippen LogP contribution in [0, 0.1) is 17.8 Å². The molecule has 0 amide bonds. The molecule has 0 spiro atoms. The molecule has 1 unspecified atom stereocenters. The predicted molar refractivity (Wildman–Crippen MR) is 76.5 cm³/mol. The third-order valence-electron chi connectivity index (χ3n) is 4.21. The van der Waals surface area contributed by atoms with Crippen molar-refractivity contribution in [2.24, 2.45) is 23.5 Å². The van der Waals surface area contributed by atoms with Crippen LogP contribution in [0.15, 0.2) is 11.4 Å². The van der Waals surface area contributed by atoms with Crippen LogP contribution in [-0.4, -0.2) is 0 Å². The summed E-state index contributed by atoms with van der Waals surface area (Å²) in [6.07, 6.45) is 5.19. The van der Waals surface area contributed by atoms with Crippen molar-refractivity contribution >= 4 is 22.9 Å². The molecule has 1 aromatic rings. The van der Waals surface area contributed by atoms with E-state index >= 15 is 0 Å². The molecule has 0 aliphatic heterocycles. The maximum absolute atomic E-state index is 6.36. The van der Waals surface area contributed by atoms with E-state index in [2.05, 4.69) is 13.8 Å². The number of hydrogen-bond acceptors (Lipinski definition) is 2. The van der Waals surface area contributed by atoms with Crippen molar-refractivity contribution in [3.8, 4) is 0 Å². The molecule has 96 valence electrons. The molecular formula is C14H22ClNS. The van der Waals surface area contributed by atoms with Gasteiger partial charge in [0.2, 0.25) is 0 Å². The summed E-state index contributed by atoms with van der Waals surface area (Å²) in [6, 6.07) is 2.11. The highest BCUT2D eigenvalue weighted by Crippen LogP contribution is 2.41. The van der Waals surface area contributed by atoms with E-state index in [0.29, 0.717) is 5.92 Å². The molecule has 2 rings (SSSR count). The molecule has 1 aliphatic rings. The van der Waals surface area contributed by atoms with Crippen LogP contribution in [-0.2, 0) is 0 Å². The van der Waals surface area contributed by atoms with Gasteiger partial charge in [0, 0.05) is 10.9 Å². The lowest BCUT2D eigenvalue weighted by Gasteiger charge is -2.33. The first-order valence-corrected chi connectivity index (χ1v) is 7.83. The Bertz CT molecular complexity index is 353. The van der Waals surface area contributed by atoms with Crippen LogP contribution >= 0.6 is 22.9 Å². The Morgan fingerprint density at radius 2 is 1.82 bits per heavy atom. The van der Waals surface area contributed by atoms with E-state index in [9.17, 15) is 0 Å². The van der Waals surface area contributed by atoms with E-state index in [1.807, 2.05) is 11.4 Å². The number of halogens is 1. The molecule has 2 N–H and O–H groups in total. The lowest BCUT2D eigenvalue weighted by molar-refractivity contribution is 0.205. The highest BCUT2D eigenvalue weighted by atomic mass is 35.5. The fourth-order valence-electron chi connectivity index (χ4n) is 2.93. The van der Waals surface area contributed by atoms with Gasteiger partial charge >= 0.3 is 0 Å². The van der Waals surface area contributed by atoms with E-state index in [-0.39, 0.29) is 6.04 Å². The maximum atomic E-state index is 6.36. The summed E-state index contributed by atoms with van der Waals surface area (Å²) < 4.78 is 0. The monoisotopic (exact) mass is 271 g/mol. The number of rotatable bonds is 3. The van der Waals surface area contributed by atoms with Gasteiger partial charge in [-0.25, -0.2) is 0 Å². The summed E-state index contributed by atoms with van der Waals surface area (Å²) in [5.74, 6) is 2.34. The zero-order valence-corrected chi connectivity index (χ0v) is 12.2. The van der Waals surface area contributed by atoms with Crippen LogP contribution in [0.1, 0.15) is 50.4 Å². The summed E-state index contributed by atoms with van der Waals surface area (Å²) in [6.45, 7) is 4.67. The smallest absolute Gasteiger partial charge is 0.0561 e. The molecule has 3 heteroatoms. The van der Waals surface area contributed by atoms with E-state index in [1.54, 1.807) is 11.3 Å². The van der Waals surface area contributed by atoms with Gasteiger partial charge in [0.1, 0.15) is 0 Å². The van der Waals surface area contributed by atoms with E-state index in [4.69, 9.17) is 17.3 Å². The van der Waals surface area contributed by atoms with Crippen molar-refractivity contribution in [1.29, 1.82) is 0 Å². The van der Waals surface area contributed by atoms with Gasteiger partial charge in [0.05, 0.1) is 5.02 Å². The normalized spacial score (nSPS) is 27.4. The SMILES string of the molecule is CC(C)C1CCC(C(N)c2sccc2Cl)CC1. The standard InChI is InChI=1S/C14H22ClNS/c1-9(2)10-3-5-11(6-4-10)13(16)14-12(15)7-8-17-14/h7-11,13H,3-6,16H2,1-2H3. The van der Waals surface area contributed by atoms with Crippen molar-refractivity contribution in [3.05, 3.63) is 21.3 Å². The van der Waals surface area contributed by atoms with Gasteiger partial charge in [0.15, 0.2) is 0 Å². The zero-order chi connectivity index (χ0) is 12.4. The minimum absolute atomic E-state index is 0.149. The van der Waals surface area contributed by atoms with Gasteiger partial charge < -0.3 is 5.73 Å². The van der Waals surface area contributed by atoms with Crippen molar-refractivity contribution in [1.82, 2.24) is 0 Å². The molecule has 1 aliphatic carbocycles. The topological polar surface area (TPSA) is 26.0 Å². The second kappa shape index (κ2) is 5.73. The predicted octanol–water partition coefficient (Wildman–Crippen LogP) is 4.86. The lowest BCUT2D eigenvalue weighted by atomic mass is 9.74. The second-order valence-electron chi connectivity index (χ2n) is 5.58. The molecule has 0 bridgehead atoms. The van der Waals surface area contributed by atoms with Crippen molar-refractivity contribution in [2.75, 3.05) is 0 Å². The van der Waals surface area contributed by atoms with Gasteiger partial charge in [-0.3, -0.25) is 0 Å². The molecule has 0 radical (unpaired) electrons. The minimum atomic E-state index is 0.149. The Morgan fingerprint density at radius 1 is 1.24 bits per heavy atom.